The Labute approximate surface area is 387 Å². The van der Waals surface area contributed by atoms with Gasteiger partial charge in [0.2, 0.25) is 5.91 Å². The van der Waals surface area contributed by atoms with E-state index in [-0.39, 0.29) is 24.9 Å². The van der Waals surface area contributed by atoms with Crippen LogP contribution in [0.3, 0.4) is 0 Å². The Balaban J connectivity index is 4.53. The van der Waals surface area contributed by atoms with E-state index >= 15 is 0 Å². The third kappa shape index (κ3) is 45.2. The van der Waals surface area contributed by atoms with Crippen LogP contribution in [0.4, 0.5) is 0 Å². The van der Waals surface area contributed by atoms with Crippen LogP contribution < -0.4 is 5.32 Å². The van der Waals surface area contributed by atoms with Crippen molar-refractivity contribution < 1.29 is 24.5 Å². The fourth-order valence-corrected chi connectivity index (χ4v) is 8.84. The molecule has 62 heavy (non-hydrogen) atoms. The van der Waals surface area contributed by atoms with Gasteiger partial charge in [0.1, 0.15) is 6.10 Å². The summed E-state index contributed by atoms with van der Waals surface area (Å²) in [6, 6.07) is -0.698. The van der Waals surface area contributed by atoms with Gasteiger partial charge in [0.25, 0.3) is 0 Å². The molecule has 0 radical (unpaired) electrons. The lowest BCUT2D eigenvalue weighted by Crippen LogP contribution is -2.46. The number of hydrogen-bond donors (Lipinski definition) is 3. The summed E-state index contributed by atoms with van der Waals surface area (Å²) in [5.41, 5.74) is 0. The van der Waals surface area contributed by atoms with E-state index in [0.717, 1.165) is 57.8 Å². The lowest BCUT2D eigenvalue weighted by molar-refractivity contribution is -0.151. The van der Waals surface area contributed by atoms with Crippen molar-refractivity contribution in [3.8, 4) is 0 Å². The van der Waals surface area contributed by atoms with Crippen LogP contribution in [0.1, 0.15) is 310 Å². The zero-order valence-corrected chi connectivity index (χ0v) is 42.0. The molecular formula is C56H109NO5. The van der Waals surface area contributed by atoms with Gasteiger partial charge in [-0.15, -0.1) is 0 Å². The Morgan fingerprint density at radius 2 is 0.774 bits per heavy atom. The second kappa shape index (κ2) is 50.6. The molecule has 6 heteroatoms. The van der Waals surface area contributed by atoms with Gasteiger partial charge in [0, 0.05) is 6.42 Å². The highest BCUT2D eigenvalue weighted by atomic mass is 16.5. The normalized spacial score (nSPS) is 13.2. The summed E-state index contributed by atoms with van der Waals surface area (Å²) in [6.07, 6.45) is 57.0. The van der Waals surface area contributed by atoms with Crippen LogP contribution in [0.2, 0.25) is 0 Å². The lowest BCUT2D eigenvalue weighted by atomic mass is 10.0. The number of carbonyl (C=O) groups excluding carboxylic acids is 2. The zero-order valence-electron chi connectivity index (χ0n) is 42.0. The Kier molecular flexibility index (Phi) is 49.5. The summed E-state index contributed by atoms with van der Waals surface area (Å²) >= 11 is 0. The molecule has 0 fully saturated rings. The number of rotatable bonds is 51. The summed E-state index contributed by atoms with van der Waals surface area (Å²) in [6.45, 7) is 6.51. The number of aliphatic hydroxyl groups is 2. The summed E-state index contributed by atoms with van der Waals surface area (Å²) < 4.78 is 5.95. The molecule has 0 saturated heterocycles. The minimum absolute atomic E-state index is 0.0793. The Bertz CT molecular complexity index is 939. The van der Waals surface area contributed by atoms with Crippen LogP contribution in [-0.2, 0) is 14.3 Å². The standard InChI is InChI=1S/C56H109NO5/c1-4-7-10-13-16-19-22-25-28-29-32-35-38-41-44-47-52(62-56(61)49-46-43-40-37-34-31-27-24-21-18-15-12-9-6-3)50-55(60)57-53(51-58)54(59)48-45-42-39-36-33-30-26-23-20-17-14-11-8-5-2/h25,28,52-54,58-59H,4-24,26-27,29-51H2,1-3H3,(H,57,60)/b28-25+. The molecular weight excluding hydrogens is 767 g/mol. The highest BCUT2D eigenvalue weighted by Crippen LogP contribution is 2.19. The molecule has 0 aliphatic rings. The number of allylic oxidation sites excluding steroid dienone is 2. The number of amides is 1. The van der Waals surface area contributed by atoms with Gasteiger partial charge in [-0.3, -0.25) is 9.59 Å². The predicted molar refractivity (Wildman–Crippen MR) is 269 cm³/mol. The second-order valence-corrected chi connectivity index (χ2v) is 19.3. The van der Waals surface area contributed by atoms with E-state index in [2.05, 4.69) is 38.2 Å². The predicted octanol–water partition coefficient (Wildman–Crippen LogP) is 16.9. The first-order valence-corrected chi connectivity index (χ1v) is 27.9. The molecule has 0 aromatic heterocycles. The van der Waals surface area contributed by atoms with Gasteiger partial charge in [0.15, 0.2) is 0 Å². The molecule has 0 bridgehead atoms. The molecule has 0 aliphatic carbocycles. The van der Waals surface area contributed by atoms with Crippen LogP contribution in [0.25, 0.3) is 0 Å². The molecule has 368 valence electrons. The number of esters is 1. The summed E-state index contributed by atoms with van der Waals surface area (Å²) in [5.74, 6) is -0.461. The van der Waals surface area contributed by atoms with E-state index in [4.69, 9.17) is 4.74 Å². The fraction of sp³-hybridized carbons (Fsp3) is 0.929. The van der Waals surface area contributed by atoms with Gasteiger partial charge in [-0.2, -0.15) is 0 Å². The fourth-order valence-electron chi connectivity index (χ4n) is 8.84. The minimum atomic E-state index is -0.784. The number of carbonyl (C=O) groups is 2. The number of nitrogens with one attached hydrogen (secondary N) is 1. The molecule has 0 aromatic rings. The van der Waals surface area contributed by atoms with Gasteiger partial charge in [0.05, 0.1) is 25.2 Å². The molecule has 0 spiro atoms. The Hall–Kier alpha value is -1.40. The maximum absolute atomic E-state index is 13.2. The number of aliphatic hydroxyl groups excluding tert-OH is 2. The van der Waals surface area contributed by atoms with Crippen molar-refractivity contribution in [1.29, 1.82) is 0 Å². The average Bonchev–Trinajstić information content (AvgIpc) is 3.26. The zero-order chi connectivity index (χ0) is 45.2. The van der Waals surface area contributed by atoms with E-state index in [9.17, 15) is 19.8 Å². The van der Waals surface area contributed by atoms with Gasteiger partial charge >= 0.3 is 5.97 Å². The van der Waals surface area contributed by atoms with Crippen molar-refractivity contribution in [3.63, 3.8) is 0 Å². The van der Waals surface area contributed by atoms with Crippen molar-refractivity contribution >= 4 is 11.9 Å². The first-order chi connectivity index (χ1) is 30.5. The van der Waals surface area contributed by atoms with Gasteiger partial charge in [-0.25, -0.2) is 0 Å². The highest BCUT2D eigenvalue weighted by Gasteiger charge is 2.24. The van der Waals surface area contributed by atoms with E-state index in [1.807, 2.05) is 0 Å². The molecule has 3 unspecified atom stereocenters. The Morgan fingerprint density at radius 3 is 1.15 bits per heavy atom. The van der Waals surface area contributed by atoms with Crippen molar-refractivity contribution in [3.05, 3.63) is 12.2 Å². The lowest BCUT2D eigenvalue weighted by Gasteiger charge is -2.24. The first kappa shape index (κ1) is 60.6. The SMILES string of the molecule is CCCCCCCC/C=C/CCCCCCCC(CC(=O)NC(CO)C(O)CCCCCCCCCCCCCCCC)OC(=O)CCCCCCCCCCCCCCCC. The number of hydrogen-bond acceptors (Lipinski definition) is 5. The molecule has 0 aliphatic heterocycles. The van der Waals surface area contributed by atoms with E-state index in [0.29, 0.717) is 19.3 Å². The highest BCUT2D eigenvalue weighted by molar-refractivity contribution is 5.77. The van der Waals surface area contributed by atoms with Gasteiger partial charge in [-0.05, 0) is 51.4 Å². The van der Waals surface area contributed by atoms with Crippen molar-refractivity contribution in [2.24, 2.45) is 0 Å². The molecule has 3 N–H and O–H groups in total. The summed E-state index contributed by atoms with van der Waals surface area (Å²) in [7, 11) is 0. The molecule has 0 rings (SSSR count). The van der Waals surface area contributed by atoms with Crippen LogP contribution in [0.5, 0.6) is 0 Å². The smallest absolute Gasteiger partial charge is 0.306 e. The van der Waals surface area contributed by atoms with E-state index < -0.39 is 18.2 Å². The summed E-state index contributed by atoms with van der Waals surface area (Å²) in [4.78, 5) is 26.2. The third-order valence-electron chi connectivity index (χ3n) is 13.1. The van der Waals surface area contributed by atoms with E-state index in [1.165, 1.54) is 205 Å². The van der Waals surface area contributed by atoms with E-state index in [1.54, 1.807) is 0 Å². The molecule has 0 saturated carbocycles. The van der Waals surface area contributed by atoms with Gasteiger partial charge < -0.3 is 20.3 Å². The maximum atomic E-state index is 13.2. The molecule has 3 atom stereocenters. The van der Waals surface area contributed by atoms with Crippen molar-refractivity contribution in [2.45, 2.75) is 328 Å². The number of ether oxygens (including phenoxy) is 1. The molecule has 6 nitrogen and oxygen atoms in total. The van der Waals surface area contributed by atoms with Crippen molar-refractivity contribution in [2.75, 3.05) is 6.61 Å². The second-order valence-electron chi connectivity index (χ2n) is 19.3. The molecule has 0 aromatic carbocycles. The van der Waals surface area contributed by atoms with Crippen LogP contribution in [0.15, 0.2) is 12.2 Å². The topological polar surface area (TPSA) is 95.9 Å². The average molecular weight is 876 g/mol. The monoisotopic (exact) mass is 876 g/mol. The molecule has 1 amide bonds. The Morgan fingerprint density at radius 1 is 0.452 bits per heavy atom. The van der Waals surface area contributed by atoms with Crippen LogP contribution in [-0.4, -0.2) is 46.9 Å². The largest absolute Gasteiger partial charge is 0.462 e. The third-order valence-corrected chi connectivity index (χ3v) is 13.1. The van der Waals surface area contributed by atoms with Crippen LogP contribution in [0, 0.1) is 0 Å². The van der Waals surface area contributed by atoms with Crippen LogP contribution >= 0.6 is 0 Å². The van der Waals surface area contributed by atoms with Crippen molar-refractivity contribution in [1.82, 2.24) is 5.32 Å². The summed E-state index contributed by atoms with van der Waals surface area (Å²) in [5, 5.41) is 23.8. The molecule has 0 heterocycles. The number of unbranched alkanes of at least 4 members (excludes halogenated alkanes) is 37. The maximum Gasteiger partial charge on any atom is 0.306 e. The quantitative estimate of drug-likeness (QED) is 0.0321. The first-order valence-electron chi connectivity index (χ1n) is 27.9. The minimum Gasteiger partial charge on any atom is -0.462 e. The van der Waals surface area contributed by atoms with Gasteiger partial charge in [-0.1, -0.05) is 258 Å².